The van der Waals surface area contributed by atoms with Gasteiger partial charge in [-0.1, -0.05) is 23.2 Å². The Morgan fingerprint density at radius 2 is 2.18 bits per heavy atom. The topological polar surface area (TPSA) is 50.4 Å². The van der Waals surface area contributed by atoms with Crippen LogP contribution in [0.2, 0.25) is 10.0 Å². The molecule has 0 aromatic heterocycles. The Morgan fingerprint density at radius 3 is 2.82 bits per heavy atom. The van der Waals surface area contributed by atoms with Crippen molar-refractivity contribution in [3.63, 3.8) is 0 Å². The van der Waals surface area contributed by atoms with Gasteiger partial charge in [-0.25, -0.2) is 4.79 Å². The quantitative estimate of drug-likeness (QED) is 0.830. The predicted octanol–water partition coefficient (Wildman–Crippen LogP) is 2.79. The maximum absolute atomic E-state index is 11.3. The van der Waals surface area contributed by atoms with Gasteiger partial charge in [0, 0.05) is 11.1 Å². The molecule has 0 saturated heterocycles. The molecule has 1 aliphatic carbocycles. The standard InChI is InChI=1S/C11H12Cl2N2O2/c12-7-1-4-10(9(13)5-7)17-6-14-11(16)15-8-2-3-8/h1,4-5,8H,2-3,6H2,(H2,14,15,16). The van der Waals surface area contributed by atoms with Crippen molar-refractivity contribution in [2.45, 2.75) is 18.9 Å². The molecule has 1 fully saturated rings. The zero-order chi connectivity index (χ0) is 12.3. The first-order valence-electron chi connectivity index (χ1n) is 5.27. The molecule has 2 amide bonds. The summed E-state index contributed by atoms with van der Waals surface area (Å²) in [5, 5.41) is 6.32. The number of hydrogen-bond donors (Lipinski definition) is 2. The zero-order valence-electron chi connectivity index (χ0n) is 9.00. The van der Waals surface area contributed by atoms with E-state index in [0.717, 1.165) is 12.8 Å². The number of benzene rings is 1. The lowest BCUT2D eigenvalue weighted by Gasteiger charge is -2.10. The van der Waals surface area contributed by atoms with Crippen LogP contribution in [0, 0.1) is 0 Å². The van der Waals surface area contributed by atoms with Crippen LogP contribution in [-0.4, -0.2) is 18.8 Å². The number of hydrogen-bond acceptors (Lipinski definition) is 2. The summed E-state index contributed by atoms with van der Waals surface area (Å²) in [5.74, 6) is 0.489. The summed E-state index contributed by atoms with van der Waals surface area (Å²) >= 11 is 11.6. The first-order chi connectivity index (χ1) is 8.15. The average Bonchev–Trinajstić information content (AvgIpc) is 3.05. The van der Waals surface area contributed by atoms with Gasteiger partial charge in [0.2, 0.25) is 0 Å². The minimum atomic E-state index is -0.224. The Bertz CT molecular complexity index is 422. The molecule has 1 saturated carbocycles. The van der Waals surface area contributed by atoms with E-state index in [9.17, 15) is 4.79 Å². The Morgan fingerprint density at radius 1 is 1.41 bits per heavy atom. The van der Waals surface area contributed by atoms with Crippen molar-refractivity contribution in [1.29, 1.82) is 0 Å². The van der Waals surface area contributed by atoms with Crippen LogP contribution in [0.25, 0.3) is 0 Å². The highest BCUT2D eigenvalue weighted by atomic mass is 35.5. The van der Waals surface area contributed by atoms with Crippen LogP contribution in [0.1, 0.15) is 12.8 Å². The molecule has 4 nitrogen and oxygen atoms in total. The van der Waals surface area contributed by atoms with Gasteiger partial charge in [-0.15, -0.1) is 0 Å². The number of carbonyl (C=O) groups excluding carboxylic acids is 1. The maximum Gasteiger partial charge on any atom is 0.317 e. The van der Waals surface area contributed by atoms with Gasteiger partial charge in [0.05, 0.1) is 5.02 Å². The fourth-order valence-corrected chi connectivity index (χ4v) is 1.70. The molecule has 2 rings (SSSR count). The highest BCUT2D eigenvalue weighted by Crippen LogP contribution is 2.27. The summed E-state index contributed by atoms with van der Waals surface area (Å²) < 4.78 is 5.30. The van der Waals surface area contributed by atoms with Crippen LogP contribution >= 0.6 is 23.2 Å². The van der Waals surface area contributed by atoms with Crippen LogP contribution < -0.4 is 15.4 Å². The van der Waals surface area contributed by atoms with Gasteiger partial charge >= 0.3 is 6.03 Å². The van der Waals surface area contributed by atoms with E-state index >= 15 is 0 Å². The van der Waals surface area contributed by atoms with Crippen LogP contribution in [0.3, 0.4) is 0 Å². The Kier molecular flexibility index (Phi) is 3.97. The highest BCUT2D eigenvalue weighted by molar-refractivity contribution is 6.35. The Hall–Kier alpha value is -1.13. The van der Waals surface area contributed by atoms with Crippen molar-refractivity contribution < 1.29 is 9.53 Å². The molecule has 0 aliphatic heterocycles. The molecule has 0 unspecified atom stereocenters. The van der Waals surface area contributed by atoms with Gasteiger partial charge in [-0.05, 0) is 31.0 Å². The van der Waals surface area contributed by atoms with Crippen molar-refractivity contribution in [3.05, 3.63) is 28.2 Å². The van der Waals surface area contributed by atoms with E-state index in [0.29, 0.717) is 21.8 Å². The number of nitrogens with one attached hydrogen (secondary N) is 2. The number of urea groups is 1. The van der Waals surface area contributed by atoms with Crippen molar-refractivity contribution >= 4 is 29.2 Å². The first kappa shape index (κ1) is 12.3. The third-order valence-corrected chi connectivity index (χ3v) is 2.80. The van der Waals surface area contributed by atoms with Crippen LogP contribution in [0.5, 0.6) is 5.75 Å². The second-order valence-electron chi connectivity index (χ2n) is 3.79. The summed E-state index contributed by atoms with van der Waals surface area (Å²) in [5.41, 5.74) is 0. The van der Waals surface area contributed by atoms with E-state index in [2.05, 4.69) is 10.6 Å². The molecule has 17 heavy (non-hydrogen) atoms. The SMILES string of the molecule is O=C(NCOc1ccc(Cl)cc1Cl)NC1CC1. The van der Waals surface area contributed by atoms with Crippen molar-refractivity contribution in [1.82, 2.24) is 10.6 Å². The predicted molar refractivity (Wildman–Crippen MR) is 66.6 cm³/mol. The van der Waals surface area contributed by atoms with E-state index in [1.807, 2.05) is 0 Å². The smallest absolute Gasteiger partial charge is 0.317 e. The van der Waals surface area contributed by atoms with Gasteiger partial charge < -0.3 is 15.4 Å². The highest BCUT2D eigenvalue weighted by Gasteiger charge is 2.22. The van der Waals surface area contributed by atoms with Gasteiger partial charge in [-0.3, -0.25) is 0 Å². The maximum atomic E-state index is 11.3. The second-order valence-corrected chi connectivity index (χ2v) is 4.63. The average molecular weight is 275 g/mol. The van der Waals surface area contributed by atoms with Crippen molar-refractivity contribution in [2.24, 2.45) is 0 Å². The number of carbonyl (C=O) groups is 1. The third kappa shape index (κ3) is 3.98. The number of halogens is 2. The van der Waals surface area contributed by atoms with E-state index in [1.54, 1.807) is 18.2 Å². The molecule has 1 aliphatic rings. The largest absolute Gasteiger partial charge is 0.472 e. The number of ether oxygens (including phenoxy) is 1. The lowest BCUT2D eigenvalue weighted by atomic mass is 10.3. The summed E-state index contributed by atoms with van der Waals surface area (Å²) in [6.07, 6.45) is 2.11. The zero-order valence-corrected chi connectivity index (χ0v) is 10.5. The van der Waals surface area contributed by atoms with Crippen molar-refractivity contribution in [3.8, 4) is 5.75 Å². The Labute approximate surface area is 109 Å². The first-order valence-corrected chi connectivity index (χ1v) is 6.03. The van der Waals surface area contributed by atoms with Gasteiger partial charge in [0.1, 0.15) is 5.75 Å². The van der Waals surface area contributed by atoms with Crippen molar-refractivity contribution in [2.75, 3.05) is 6.73 Å². The summed E-state index contributed by atoms with van der Waals surface area (Å²) in [6, 6.07) is 5.02. The normalized spacial score (nSPS) is 14.2. The molecule has 2 N–H and O–H groups in total. The minimum Gasteiger partial charge on any atom is -0.472 e. The van der Waals surface area contributed by atoms with Gasteiger partial charge in [0.25, 0.3) is 0 Å². The molecular weight excluding hydrogens is 263 g/mol. The molecule has 1 aromatic rings. The molecule has 0 spiro atoms. The minimum absolute atomic E-state index is 0.0694. The van der Waals surface area contributed by atoms with E-state index < -0.39 is 0 Å². The molecule has 0 bridgehead atoms. The summed E-state index contributed by atoms with van der Waals surface area (Å²) in [6.45, 7) is 0.0694. The van der Waals surface area contributed by atoms with Gasteiger partial charge in [0.15, 0.2) is 6.73 Å². The summed E-state index contributed by atoms with van der Waals surface area (Å²) in [7, 11) is 0. The Balaban J connectivity index is 1.75. The van der Waals surface area contributed by atoms with E-state index in [-0.39, 0.29) is 12.8 Å². The second kappa shape index (κ2) is 5.47. The van der Waals surface area contributed by atoms with Crippen LogP contribution in [0.4, 0.5) is 4.79 Å². The molecule has 92 valence electrons. The lowest BCUT2D eigenvalue weighted by molar-refractivity contribution is 0.223. The molecule has 0 radical (unpaired) electrons. The van der Waals surface area contributed by atoms with E-state index in [4.69, 9.17) is 27.9 Å². The molecular formula is C11H12Cl2N2O2. The third-order valence-electron chi connectivity index (χ3n) is 2.27. The molecule has 0 atom stereocenters. The molecule has 0 heterocycles. The lowest BCUT2D eigenvalue weighted by Crippen LogP contribution is -2.38. The van der Waals surface area contributed by atoms with E-state index in [1.165, 1.54) is 0 Å². The number of rotatable bonds is 4. The number of amides is 2. The monoisotopic (exact) mass is 274 g/mol. The van der Waals surface area contributed by atoms with Gasteiger partial charge in [-0.2, -0.15) is 0 Å². The summed E-state index contributed by atoms with van der Waals surface area (Å²) in [4.78, 5) is 11.3. The fraction of sp³-hybridized carbons (Fsp3) is 0.364. The van der Waals surface area contributed by atoms with Crippen LogP contribution in [-0.2, 0) is 0 Å². The molecule has 1 aromatic carbocycles. The molecule has 6 heteroatoms. The fourth-order valence-electron chi connectivity index (χ4n) is 1.24. The van der Waals surface area contributed by atoms with Crippen LogP contribution in [0.15, 0.2) is 18.2 Å².